The van der Waals surface area contributed by atoms with Gasteiger partial charge in [0, 0.05) is 4.88 Å². The second kappa shape index (κ2) is 4.83. The highest BCUT2D eigenvalue weighted by Crippen LogP contribution is 2.64. The van der Waals surface area contributed by atoms with Gasteiger partial charge >= 0.3 is 0 Å². The molecule has 6 rings (SSSR count). The maximum absolute atomic E-state index is 2.97. The van der Waals surface area contributed by atoms with Crippen LogP contribution in [0.3, 0.4) is 0 Å². The maximum Gasteiger partial charge on any atom is 0.0611 e. The van der Waals surface area contributed by atoms with Crippen molar-refractivity contribution in [2.24, 2.45) is 23.7 Å². The van der Waals surface area contributed by atoms with Crippen molar-refractivity contribution in [2.45, 2.75) is 56.9 Å². The Labute approximate surface area is 132 Å². The van der Waals surface area contributed by atoms with Gasteiger partial charge in [0.1, 0.15) is 0 Å². The Kier molecular flexibility index (Phi) is 3.02. The molecule has 0 N–H and O–H groups in total. The summed E-state index contributed by atoms with van der Waals surface area (Å²) in [6.45, 7) is 2.72. The van der Waals surface area contributed by atoms with Crippen LogP contribution in [0.4, 0.5) is 0 Å². The molecule has 4 aliphatic carbocycles. The Bertz CT molecular complexity index is 466. The highest BCUT2D eigenvalue weighted by molar-refractivity contribution is 7.10. The largest absolute Gasteiger partial charge is 0.292 e. The summed E-state index contributed by atoms with van der Waals surface area (Å²) < 4.78 is 0. The molecule has 0 radical (unpaired) electrons. The second-order valence-electron chi connectivity index (χ2n) is 8.15. The average Bonchev–Trinajstić information content (AvgIpc) is 3.02. The Morgan fingerprint density at radius 1 is 0.905 bits per heavy atom. The molecule has 0 aromatic carbocycles. The Hall–Kier alpha value is -0.340. The number of rotatable bonds is 2. The fourth-order valence-corrected chi connectivity index (χ4v) is 7.86. The molecule has 0 amide bonds. The van der Waals surface area contributed by atoms with Gasteiger partial charge in [0.2, 0.25) is 0 Å². The Morgan fingerprint density at radius 2 is 1.57 bits per heavy atom. The summed E-state index contributed by atoms with van der Waals surface area (Å²) >= 11 is 2.05. The lowest BCUT2D eigenvalue weighted by atomic mass is 9.47. The van der Waals surface area contributed by atoms with E-state index in [0.717, 1.165) is 23.7 Å². The highest BCUT2D eigenvalue weighted by atomic mass is 32.1. The molecular formula is C19H27NS. The molecule has 4 saturated carbocycles. The van der Waals surface area contributed by atoms with Gasteiger partial charge in [-0.15, -0.1) is 11.3 Å². The van der Waals surface area contributed by atoms with Crippen molar-refractivity contribution < 1.29 is 0 Å². The number of thiophene rings is 1. The van der Waals surface area contributed by atoms with Gasteiger partial charge < -0.3 is 0 Å². The molecule has 5 fully saturated rings. The molecular weight excluding hydrogens is 274 g/mol. The van der Waals surface area contributed by atoms with Gasteiger partial charge in [-0.1, -0.05) is 12.5 Å². The van der Waals surface area contributed by atoms with Crippen LogP contribution < -0.4 is 0 Å². The van der Waals surface area contributed by atoms with E-state index < -0.39 is 0 Å². The summed E-state index contributed by atoms with van der Waals surface area (Å²) in [6.07, 6.45) is 12.0. The molecule has 4 bridgehead atoms. The van der Waals surface area contributed by atoms with Gasteiger partial charge in [0.15, 0.2) is 0 Å². The molecule has 5 aliphatic rings. The molecule has 1 saturated heterocycles. The predicted octanol–water partition coefficient (Wildman–Crippen LogP) is 4.89. The third-order valence-electron chi connectivity index (χ3n) is 7.18. The van der Waals surface area contributed by atoms with E-state index in [1.165, 1.54) is 58.0 Å². The van der Waals surface area contributed by atoms with Gasteiger partial charge in [-0.05, 0) is 93.2 Å². The van der Waals surface area contributed by atoms with E-state index in [2.05, 4.69) is 33.7 Å². The first-order valence-corrected chi connectivity index (χ1v) is 10.0. The van der Waals surface area contributed by atoms with Crippen molar-refractivity contribution >= 4 is 11.3 Å². The monoisotopic (exact) mass is 301 g/mol. The molecule has 2 heteroatoms. The third kappa shape index (κ3) is 1.78. The lowest BCUT2D eigenvalue weighted by Crippen LogP contribution is -2.64. The molecule has 0 atom stereocenters. The summed E-state index contributed by atoms with van der Waals surface area (Å²) in [7, 11) is 0. The van der Waals surface area contributed by atoms with Crippen LogP contribution in [-0.2, 0) is 5.54 Å². The first-order valence-electron chi connectivity index (χ1n) is 9.16. The number of likely N-dealkylation sites (tertiary alicyclic amines) is 1. The fourth-order valence-electron chi connectivity index (χ4n) is 6.75. The van der Waals surface area contributed by atoms with Gasteiger partial charge in [-0.2, -0.15) is 0 Å². The molecule has 0 spiro atoms. The average molecular weight is 301 g/mol. The van der Waals surface area contributed by atoms with E-state index in [-0.39, 0.29) is 0 Å². The van der Waals surface area contributed by atoms with Crippen LogP contribution in [0.1, 0.15) is 56.2 Å². The highest BCUT2D eigenvalue weighted by Gasteiger charge is 2.60. The number of hydrogen-bond donors (Lipinski definition) is 0. The van der Waals surface area contributed by atoms with E-state index in [9.17, 15) is 0 Å². The third-order valence-corrected chi connectivity index (χ3v) is 8.19. The minimum absolute atomic E-state index is 0.446. The zero-order chi connectivity index (χ0) is 13.9. The van der Waals surface area contributed by atoms with Gasteiger partial charge in [-0.25, -0.2) is 0 Å². The zero-order valence-corrected chi connectivity index (χ0v) is 13.8. The molecule has 1 aromatic heterocycles. The lowest BCUT2D eigenvalue weighted by Gasteiger charge is -2.65. The maximum atomic E-state index is 2.97. The van der Waals surface area contributed by atoms with Crippen molar-refractivity contribution in [3.63, 3.8) is 0 Å². The van der Waals surface area contributed by atoms with E-state index >= 15 is 0 Å². The summed E-state index contributed by atoms with van der Waals surface area (Å²) in [4.78, 5) is 4.69. The molecule has 21 heavy (non-hydrogen) atoms. The van der Waals surface area contributed by atoms with Crippen molar-refractivity contribution in [3.05, 3.63) is 22.4 Å². The van der Waals surface area contributed by atoms with Crippen LogP contribution in [0.5, 0.6) is 0 Å². The smallest absolute Gasteiger partial charge is 0.0611 e. The number of piperidine rings is 1. The second-order valence-corrected chi connectivity index (χ2v) is 9.10. The molecule has 0 unspecified atom stereocenters. The SMILES string of the molecule is c1csc(C2(N3CCCCC3)C3CC4CC(C3)CC2C4)c1. The van der Waals surface area contributed by atoms with Crippen molar-refractivity contribution in [1.82, 2.24) is 4.90 Å². The predicted molar refractivity (Wildman–Crippen MR) is 88.5 cm³/mol. The van der Waals surface area contributed by atoms with Crippen LogP contribution in [0.2, 0.25) is 0 Å². The van der Waals surface area contributed by atoms with Gasteiger partial charge in [0.05, 0.1) is 5.54 Å². The van der Waals surface area contributed by atoms with Crippen molar-refractivity contribution in [2.75, 3.05) is 13.1 Å². The molecule has 1 nitrogen and oxygen atoms in total. The van der Waals surface area contributed by atoms with Crippen LogP contribution in [-0.4, -0.2) is 18.0 Å². The molecule has 1 aromatic rings. The topological polar surface area (TPSA) is 3.24 Å². The minimum Gasteiger partial charge on any atom is -0.292 e. The van der Waals surface area contributed by atoms with Crippen LogP contribution in [0.15, 0.2) is 17.5 Å². The van der Waals surface area contributed by atoms with Crippen molar-refractivity contribution in [3.8, 4) is 0 Å². The molecule has 114 valence electrons. The van der Waals surface area contributed by atoms with E-state index in [4.69, 9.17) is 0 Å². The fraction of sp³-hybridized carbons (Fsp3) is 0.789. The minimum atomic E-state index is 0.446. The summed E-state index contributed by atoms with van der Waals surface area (Å²) in [5.74, 6) is 4.08. The van der Waals surface area contributed by atoms with Crippen molar-refractivity contribution in [1.29, 1.82) is 0 Å². The molecule has 1 aliphatic heterocycles. The van der Waals surface area contributed by atoms with Crippen LogP contribution >= 0.6 is 11.3 Å². The Morgan fingerprint density at radius 3 is 2.14 bits per heavy atom. The zero-order valence-electron chi connectivity index (χ0n) is 13.0. The lowest BCUT2D eigenvalue weighted by molar-refractivity contribution is -0.145. The number of hydrogen-bond acceptors (Lipinski definition) is 2. The van der Waals surface area contributed by atoms with Gasteiger partial charge in [0.25, 0.3) is 0 Å². The normalized spacial score (nSPS) is 46.1. The van der Waals surface area contributed by atoms with Crippen LogP contribution in [0, 0.1) is 23.7 Å². The first-order chi connectivity index (χ1) is 10.4. The molecule has 2 heterocycles. The quantitative estimate of drug-likeness (QED) is 0.752. The summed E-state index contributed by atoms with van der Waals surface area (Å²) in [5, 5.41) is 2.33. The van der Waals surface area contributed by atoms with E-state index in [1.54, 1.807) is 11.3 Å². The van der Waals surface area contributed by atoms with E-state index in [0.29, 0.717) is 5.54 Å². The Balaban J connectivity index is 1.62. The number of nitrogens with zero attached hydrogens (tertiary/aromatic N) is 1. The van der Waals surface area contributed by atoms with Crippen LogP contribution in [0.25, 0.3) is 0 Å². The first kappa shape index (κ1) is 13.1. The summed E-state index contributed by atoms with van der Waals surface area (Å²) in [6, 6.07) is 4.78. The van der Waals surface area contributed by atoms with E-state index in [1.807, 2.05) is 0 Å². The standard InChI is InChI=1S/C19H27NS/c1-2-6-20(7-3-1)19(18-5-4-8-21-18)16-10-14-9-15(12-16)13-17(19)11-14/h4-5,8,14-17H,1-3,6-7,9-13H2. The summed E-state index contributed by atoms with van der Waals surface area (Å²) in [5.41, 5.74) is 0.446. The van der Waals surface area contributed by atoms with Gasteiger partial charge in [-0.3, -0.25) is 4.90 Å².